The third kappa shape index (κ3) is 3.98. The van der Waals surface area contributed by atoms with Gasteiger partial charge in [-0.25, -0.2) is 4.98 Å². The van der Waals surface area contributed by atoms with Crippen LogP contribution in [0.1, 0.15) is 24.1 Å². The quantitative estimate of drug-likeness (QED) is 0.814. The van der Waals surface area contributed by atoms with E-state index in [9.17, 15) is 0 Å². The molecule has 2 fully saturated rings. The summed E-state index contributed by atoms with van der Waals surface area (Å²) in [5.74, 6) is 2.00. The van der Waals surface area contributed by atoms with Gasteiger partial charge in [-0.1, -0.05) is 0 Å². The second-order valence-corrected chi connectivity index (χ2v) is 7.47. The average molecular weight is 355 g/mol. The van der Waals surface area contributed by atoms with Crippen molar-refractivity contribution in [2.45, 2.75) is 33.2 Å². The molecule has 0 radical (unpaired) electrons. The van der Waals surface area contributed by atoms with Gasteiger partial charge in [0.05, 0.1) is 12.7 Å². The SMILES string of the molecule is Cc1cnn(CCN2CCN(c3nc(C)cc(N4CCCC4)n3)CC2)c1. The molecule has 0 saturated carbocycles. The number of piperazine rings is 1. The third-order valence-corrected chi connectivity index (χ3v) is 5.32. The van der Waals surface area contributed by atoms with Crippen LogP contribution in [0.4, 0.5) is 11.8 Å². The minimum Gasteiger partial charge on any atom is -0.356 e. The van der Waals surface area contributed by atoms with Crippen LogP contribution >= 0.6 is 0 Å². The van der Waals surface area contributed by atoms with Gasteiger partial charge in [-0.05, 0) is 32.3 Å². The second kappa shape index (κ2) is 7.61. The monoisotopic (exact) mass is 355 g/mol. The molecule has 0 aliphatic carbocycles. The Bertz CT molecular complexity index is 727. The summed E-state index contributed by atoms with van der Waals surface area (Å²) in [5.41, 5.74) is 2.29. The van der Waals surface area contributed by atoms with Crippen molar-refractivity contribution in [1.82, 2.24) is 24.6 Å². The molecule has 2 saturated heterocycles. The molecular weight excluding hydrogens is 326 g/mol. The van der Waals surface area contributed by atoms with Gasteiger partial charge >= 0.3 is 0 Å². The fourth-order valence-electron chi connectivity index (χ4n) is 3.79. The zero-order valence-corrected chi connectivity index (χ0v) is 15.9. The summed E-state index contributed by atoms with van der Waals surface area (Å²) >= 11 is 0. The molecule has 0 N–H and O–H groups in total. The number of hydrogen-bond donors (Lipinski definition) is 0. The standard InChI is InChI=1S/C19H29N7/c1-16-14-20-26(15-16)12-9-23-7-10-25(11-8-23)19-21-17(2)13-18(22-19)24-5-3-4-6-24/h13-15H,3-12H2,1-2H3. The maximum atomic E-state index is 4.87. The molecule has 4 heterocycles. The first-order valence-electron chi connectivity index (χ1n) is 9.74. The molecule has 0 bridgehead atoms. The average Bonchev–Trinajstić information content (AvgIpc) is 3.32. The highest BCUT2D eigenvalue weighted by Crippen LogP contribution is 2.22. The van der Waals surface area contributed by atoms with Crippen molar-refractivity contribution in [3.05, 3.63) is 29.7 Å². The van der Waals surface area contributed by atoms with Crippen LogP contribution in [0.5, 0.6) is 0 Å². The summed E-state index contributed by atoms with van der Waals surface area (Å²) in [5, 5.41) is 4.37. The minimum absolute atomic E-state index is 0.897. The highest BCUT2D eigenvalue weighted by Gasteiger charge is 2.21. The van der Waals surface area contributed by atoms with Crippen molar-refractivity contribution in [3.8, 4) is 0 Å². The van der Waals surface area contributed by atoms with Gasteiger partial charge in [0.2, 0.25) is 5.95 Å². The summed E-state index contributed by atoms with van der Waals surface area (Å²) in [6, 6.07) is 2.12. The molecule has 2 aromatic heterocycles. The number of hydrogen-bond acceptors (Lipinski definition) is 6. The molecule has 4 rings (SSSR count). The van der Waals surface area contributed by atoms with E-state index in [0.29, 0.717) is 0 Å². The van der Waals surface area contributed by atoms with E-state index in [2.05, 4.69) is 45.9 Å². The van der Waals surface area contributed by atoms with Gasteiger partial charge in [-0.3, -0.25) is 9.58 Å². The lowest BCUT2D eigenvalue weighted by Crippen LogP contribution is -2.48. The molecular formula is C19H29N7. The van der Waals surface area contributed by atoms with Crippen LogP contribution in [0.3, 0.4) is 0 Å². The topological polar surface area (TPSA) is 53.3 Å². The predicted molar refractivity (Wildman–Crippen MR) is 104 cm³/mol. The molecule has 140 valence electrons. The van der Waals surface area contributed by atoms with Crippen LogP contribution in [-0.4, -0.2) is 70.5 Å². The predicted octanol–water partition coefficient (Wildman–Crippen LogP) is 1.71. The molecule has 0 atom stereocenters. The highest BCUT2D eigenvalue weighted by molar-refractivity contribution is 5.46. The number of anilines is 2. The maximum absolute atomic E-state index is 4.87. The van der Waals surface area contributed by atoms with Crippen molar-refractivity contribution in [1.29, 1.82) is 0 Å². The van der Waals surface area contributed by atoms with Crippen LogP contribution in [0, 0.1) is 13.8 Å². The summed E-state index contributed by atoms with van der Waals surface area (Å²) in [6.45, 7) is 12.5. The van der Waals surface area contributed by atoms with Crippen molar-refractivity contribution in [2.24, 2.45) is 0 Å². The summed E-state index contributed by atoms with van der Waals surface area (Å²) in [6.07, 6.45) is 6.57. The number of nitrogens with zero attached hydrogens (tertiary/aromatic N) is 7. The summed E-state index contributed by atoms with van der Waals surface area (Å²) < 4.78 is 2.04. The van der Waals surface area contributed by atoms with E-state index in [-0.39, 0.29) is 0 Å². The number of rotatable bonds is 5. The van der Waals surface area contributed by atoms with Crippen LogP contribution in [0.2, 0.25) is 0 Å². The molecule has 2 aromatic rings. The molecule has 7 nitrogen and oxygen atoms in total. The van der Waals surface area contributed by atoms with E-state index in [1.165, 1.54) is 18.4 Å². The largest absolute Gasteiger partial charge is 0.356 e. The van der Waals surface area contributed by atoms with Gasteiger partial charge < -0.3 is 9.80 Å². The van der Waals surface area contributed by atoms with E-state index in [0.717, 1.165) is 69.8 Å². The first-order valence-corrected chi connectivity index (χ1v) is 9.74. The Morgan fingerprint density at radius 3 is 2.35 bits per heavy atom. The van der Waals surface area contributed by atoms with Crippen molar-refractivity contribution in [2.75, 3.05) is 55.6 Å². The zero-order chi connectivity index (χ0) is 17.9. The smallest absolute Gasteiger partial charge is 0.227 e. The Labute approximate surface area is 155 Å². The molecule has 26 heavy (non-hydrogen) atoms. The van der Waals surface area contributed by atoms with E-state index in [1.807, 2.05) is 10.9 Å². The molecule has 0 spiro atoms. The Morgan fingerprint density at radius 1 is 0.885 bits per heavy atom. The third-order valence-electron chi connectivity index (χ3n) is 5.32. The lowest BCUT2D eigenvalue weighted by atomic mass is 10.3. The molecule has 7 heteroatoms. The number of aromatic nitrogens is 4. The van der Waals surface area contributed by atoms with Gasteiger partial charge in [-0.2, -0.15) is 10.1 Å². The van der Waals surface area contributed by atoms with Crippen molar-refractivity contribution in [3.63, 3.8) is 0 Å². The Morgan fingerprint density at radius 2 is 1.65 bits per heavy atom. The van der Waals surface area contributed by atoms with Crippen LogP contribution in [0.15, 0.2) is 18.5 Å². The van der Waals surface area contributed by atoms with Gasteiger partial charge in [0.1, 0.15) is 5.82 Å². The maximum Gasteiger partial charge on any atom is 0.227 e. The Balaban J connectivity index is 1.34. The van der Waals surface area contributed by atoms with E-state index < -0.39 is 0 Å². The van der Waals surface area contributed by atoms with Crippen molar-refractivity contribution >= 4 is 11.8 Å². The normalized spacial score (nSPS) is 18.7. The minimum atomic E-state index is 0.897. The van der Waals surface area contributed by atoms with Crippen molar-refractivity contribution < 1.29 is 0 Å². The first-order chi connectivity index (χ1) is 12.7. The van der Waals surface area contributed by atoms with E-state index in [1.54, 1.807) is 0 Å². The van der Waals surface area contributed by atoms with Gasteiger partial charge in [0, 0.05) is 63.8 Å². The fraction of sp³-hybridized carbons (Fsp3) is 0.632. The van der Waals surface area contributed by atoms with Crippen LogP contribution < -0.4 is 9.80 Å². The van der Waals surface area contributed by atoms with E-state index >= 15 is 0 Å². The molecule has 2 aliphatic rings. The first kappa shape index (κ1) is 17.3. The van der Waals surface area contributed by atoms with Gasteiger partial charge in [-0.15, -0.1) is 0 Å². The molecule has 0 aromatic carbocycles. The molecule has 0 amide bonds. The lowest BCUT2D eigenvalue weighted by Gasteiger charge is -2.35. The highest BCUT2D eigenvalue weighted by atomic mass is 15.3. The fourth-order valence-corrected chi connectivity index (χ4v) is 3.79. The Hall–Kier alpha value is -2.15. The molecule has 2 aliphatic heterocycles. The summed E-state index contributed by atoms with van der Waals surface area (Å²) in [7, 11) is 0. The van der Waals surface area contributed by atoms with Gasteiger partial charge in [0.25, 0.3) is 0 Å². The Kier molecular flexibility index (Phi) is 5.06. The van der Waals surface area contributed by atoms with Crippen LogP contribution in [-0.2, 0) is 6.54 Å². The second-order valence-electron chi connectivity index (χ2n) is 7.47. The summed E-state index contributed by atoms with van der Waals surface area (Å²) in [4.78, 5) is 16.8. The zero-order valence-electron chi connectivity index (χ0n) is 15.9. The number of aryl methyl sites for hydroxylation is 2. The lowest BCUT2D eigenvalue weighted by molar-refractivity contribution is 0.243. The van der Waals surface area contributed by atoms with E-state index in [4.69, 9.17) is 9.97 Å². The molecule has 0 unspecified atom stereocenters. The van der Waals surface area contributed by atoms with Gasteiger partial charge in [0.15, 0.2) is 0 Å². The van der Waals surface area contributed by atoms with Crippen LogP contribution in [0.25, 0.3) is 0 Å².